The fourth-order valence-corrected chi connectivity index (χ4v) is 1.84. The minimum absolute atomic E-state index is 0. The average molecular weight is 431 g/mol. The van der Waals surface area contributed by atoms with Crippen molar-refractivity contribution >= 4 is 41.6 Å². The van der Waals surface area contributed by atoms with E-state index in [2.05, 4.69) is 7.26 Å². The van der Waals surface area contributed by atoms with Crippen LogP contribution in [0, 0.1) is 0 Å². The second-order valence-electron chi connectivity index (χ2n) is 1.77. The van der Waals surface area contributed by atoms with Crippen molar-refractivity contribution in [3.63, 3.8) is 0 Å². The zero-order valence-corrected chi connectivity index (χ0v) is 15.1. The maximum absolute atomic E-state index is 9.29. The van der Waals surface area contributed by atoms with Crippen molar-refractivity contribution in [2.75, 3.05) is 0 Å². The van der Waals surface area contributed by atoms with Gasteiger partial charge in [-0.2, -0.15) is 7.26 Å². The van der Waals surface area contributed by atoms with Crippen LogP contribution in [0.5, 0.6) is 0 Å². The molecule has 0 amide bonds. The minimum Gasteiger partial charge on any atom is -0.725 e. The summed E-state index contributed by atoms with van der Waals surface area (Å²) in [7, 11) is -21.7. The summed E-state index contributed by atoms with van der Waals surface area (Å²) in [5, 5.41) is 0. The molecule has 1 radical (unpaired) electrons. The van der Waals surface area contributed by atoms with Crippen LogP contribution in [0.15, 0.2) is 0 Å². The maximum Gasteiger partial charge on any atom is 3.00 e. The van der Waals surface area contributed by atoms with Crippen molar-refractivity contribution in [2.24, 2.45) is 0 Å². The second-order valence-corrected chi connectivity index (χ2v) is 6.12. The van der Waals surface area contributed by atoms with Gasteiger partial charge in [-0.15, -0.1) is 0 Å². The van der Waals surface area contributed by atoms with E-state index >= 15 is 0 Å². The molecule has 0 aromatic heterocycles. The Kier molecular flexibility index (Phi) is 14.5. The normalized spacial score (nSPS) is 12.2. The molecule has 0 aliphatic carbocycles. The molecule has 0 rings (SSSR count). The summed E-state index contributed by atoms with van der Waals surface area (Å²) in [5.41, 5.74) is 0. The Morgan fingerprint density at radius 1 is 0.500 bits per heavy atom. The van der Waals surface area contributed by atoms with Gasteiger partial charge in [-0.3, -0.25) is 0 Å². The molecule has 20 heavy (non-hydrogen) atoms. The monoisotopic (exact) mass is 431 g/mol. The molecule has 0 aromatic carbocycles. The van der Waals surface area contributed by atoms with Gasteiger partial charge in [-0.05, 0) is 0 Å². The van der Waals surface area contributed by atoms with Gasteiger partial charge in [-0.1, -0.05) is 0 Å². The summed E-state index contributed by atoms with van der Waals surface area (Å²) in [6.45, 7) is 0. The van der Waals surface area contributed by atoms with Crippen LogP contribution in [-0.4, -0.2) is 51.9 Å². The summed E-state index contributed by atoms with van der Waals surface area (Å²) >= 11 is 0. The first-order valence-corrected chi connectivity index (χ1v) is 8.00. The summed E-state index contributed by atoms with van der Waals surface area (Å²) in [6.07, 6.45) is 0. The zero-order valence-electron chi connectivity index (χ0n) is 8.70. The van der Waals surface area contributed by atoms with Crippen molar-refractivity contribution in [3.05, 3.63) is 0 Å². The molecule has 0 aliphatic heterocycles. The Labute approximate surface area is 146 Å². The second kappa shape index (κ2) is 9.97. The average Bonchev–Trinajstić information content (AvgIpc) is 1.64. The molecule has 0 aliphatic rings. The van der Waals surface area contributed by atoms with E-state index in [-0.39, 0.29) is 46.6 Å². The molecule has 0 saturated carbocycles. The first-order chi connectivity index (χ1) is 7.41. The molecule has 14 nitrogen and oxygen atoms in total. The van der Waals surface area contributed by atoms with Gasteiger partial charge in [0.15, 0.2) is 0 Å². The fraction of sp³-hybridized carbons (Fsp3) is 0. The Bertz CT molecular complexity index is 537. The Morgan fingerprint density at radius 2 is 0.600 bits per heavy atom. The summed E-state index contributed by atoms with van der Waals surface area (Å²) in [5.74, 6) is 0. The molecule has 0 bridgehead atoms. The summed E-state index contributed by atoms with van der Waals surface area (Å²) in [6, 6.07) is 0. The first kappa shape index (κ1) is 29.1. The third-order valence-corrected chi connectivity index (χ3v) is 3.00. The maximum atomic E-state index is 9.29. The van der Waals surface area contributed by atoms with Gasteiger partial charge in [-0.25, -0.2) is 33.7 Å². The molecule has 0 saturated heterocycles. The van der Waals surface area contributed by atoms with Crippen LogP contribution in [0.1, 0.15) is 0 Å². The van der Waals surface area contributed by atoms with Gasteiger partial charge >= 0.3 is 46.6 Å². The minimum atomic E-state index is -5.43. The van der Waals surface area contributed by atoms with Gasteiger partial charge < -0.3 is 18.2 Å². The van der Waals surface area contributed by atoms with E-state index in [0.29, 0.717) is 0 Å². The van der Waals surface area contributed by atoms with Crippen LogP contribution < -0.4 is 29.6 Å². The Morgan fingerprint density at radius 3 is 0.600 bits per heavy atom. The largest absolute Gasteiger partial charge is 3.00 e. The van der Waals surface area contributed by atoms with Crippen LogP contribution in [0.25, 0.3) is 0 Å². The van der Waals surface area contributed by atoms with E-state index in [4.69, 9.17) is 0 Å². The molecule has 0 fully saturated rings. The van der Waals surface area contributed by atoms with E-state index in [1.54, 1.807) is 0 Å². The predicted octanol–water partition coefficient (Wildman–Crippen LogP) is -7.15. The van der Waals surface area contributed by atoms with Gasteiger partial charge in [0, 0.05) is 0 Å². The van der Waals surface area contributed by atoms with Gasteiger partial charge in [0.2, 0.25) is 41.6 Å². The Hall–Kier alpha value is 1.08. The number of hydrogen-bond donors (Lipinski definition) is 0. The van der Waals surface area contributed by atoms with E-state index in [1.807, 2.05) is 0 Å². The smallest absolute Gasteiger partial charge is 0.725 e. The Balaban J connectivity index is -0.000000116. The molecular weight excluding hydrogens is 431 g/mol. The molecule has 0 unspecified atom stereocenters. The van der Waals surface area contributed by atoms with E-state index in [0.717, 1.165) is 0 Å². The van der Waals surface area contributed by atoms with Gasteiger partial charge in [0.25, 0.3) is 0 Å². The molecule has 0 heterocycles. The molecule has 0 aromatic rings. The third-order valence-electron chi connectivity index (χ3n) is 0.333. The first-order valence-electron chi connectivity index (χ1n) is 2.67. The van der Waals surface area contributed by atoms with Crippen LogP contribution in [0.3, 0.4) is 0 Å². The van der Waals surface area contributed by atoms with Crippen molar-refractivity contribution in [1.82, 2.24) is 0 Å². The molecular formula is FeNaO14S4. The van der Waals surface area contributed by atoms with Gasteiger partial charge in [0.05, 0.1) is 0 Å². The van der Waals surface area contributed by atoms with Crippen molar-refractivity contribution in [3.8, 4) is 0 Å². The van der Waals surface area contributed by atoms with Crippen LogP contribution in [0.4, 0.5) is 0 Å². The summed E-state index contributed by atoms with van der Waals surface area (Å²) in [4.78, 5) is 0. The van der Waals surface area contributed by atoms with Crippen LogP contribution >= 0.6 is 0 Å². The van der Waals surface area contributed by atoms with Crippen molar-refractivity contribution < 1.29 is 106 Å². The predicted molar refractivity (Wildman–Crippen MR) is 41.0 cm³/mol. The van der Waals surface area contributed by atoms with Gasteiger partial charge in [0.1, 0.15) is 0 Å². The topological polar surface area (TPSA) is 247 Å². The van der Waals surface area contributed by atoms with Crippen molar-refractivity contribution in [2.45, 2.75) is 0 Å². The fourth-order valence-electron chi connectivity index (χ4n) is 0.204. The van der Waals surface area contributed by atoms with E-state index in [9.17, 15) is 51.9 Å². The standard InChI is InChI=1S/Fe.Na.2H2O7S2/c;;2*1-8(2,3)7-9(4,5)6/h;;2*(H,1,2,3)(H,4,5,6)/q+3;+1;;/p-4. The van der Waals surface area contributed by atoms with Crippen LogP contribution in [0.2, 0.25) is 0 Å². The zero-order chi connectivity index (χ0) is 15.4. The molecule has 0 atom stereocenters. The molecule has 117 valence electrons. The molecule has 20 heteroatoms. The van der Waals surface area contributed by atoms with E-state index < -0.39 is 41.6 Å². The van der Waals surface area contributed by atoms with E-state index in [1.165, 1.54) is 0 Å². The van der Waals surface area contributed by atoms with Crippen molar-refractivity contribution in [1.29, 1.82) is 0 Å². The number of hydrogen-bond acceptors (Lipinski definition) is 14. The molecule has 0 spiro atoms. The molecule has 0 N–H and O–H groups in total. The SMILES string of the molecule is O=S(=O)([O-])OS(=O)(=O)[O-].O=S(=O)([O-])OS(=O)(=O)[O-].[Fe+3].[Na+]. The third kappa shape index (κ3) is 36.5. The van der Waals surface area contributed by atoms with Crippen LogP contribution in [-0.2, 0) is 65.9 Å². The summed E-state index contributed by atoms with van der Waals surface area (Å²) < 4.78 is 116. The number of rotatable bonds is 4. The quantitative estimate of drug-likeness (QED) is 0.228.